The fourth-order valence-corrected chi connectivity index (χ4v) is 9.02. The average molecular weight is 480 g/mol. The summed E-state index contributed by atoms with van der Waals surface area (Å²) < 4.78 is 27.7. The van der Waals surface area contributed by atoms with Crippen molar-refractivity contribution in [1.82, 2.24) is 14.9 Å². The van der Waals surface area contributed by atoms with Crippen molar-refractivity contribution >= 4 is 27.7 Å². The monoisotopic (exact) mass is 479 g/mol. The smallest absolute Gasteiger partial charge is 0.315 e. The van der Waals surface area contributed by atoms with Crippen LogP contribution in [0.1, 0.15) is 56.9 Å². The molecule has 4 fully saturated rings. The minimum Gasteiger partial charge on any atom is -0.338 e. The first kappa shape index (κ1) is 22.5. The van der Waals surface area contributed by atoms with Gasteiger partial charge in [0, 0.05) is 30.2 Å². The van der Waals surface area contributed by atoms with E-state index in [0.29, 0.717) is 41.0 Å². The summed E-state index contributed by atoms with van der Waals surface area (Å²) in [6.45, 7) is 3.19. The molecule has 4 unspecified atom stereocenters. The Bertz CT molecular complexity index is 1000. The Hall–Kier alpha value is -1.31. The number of amides is 2. The lowest BCUT2D eigenvalue weighted by Gasteiger charge is -2.35. The third-order valence-electron chi connectivity index (χ3n) is 8.49. The number of fused-ring (bicyclic) bond motifs is 2. The minimum absolute atomic E-state index is 0.0167. The molecule has 6 nitrogen and oxygen atoms in total. The number of nitrogens with zero attached hydrogens (tertiary/aromatic N) is 1. The van der Waals surface area contributed by atoms with Crippen molar-refractivity contribution in [3.05, 3.63) is 28.8 Å². The van der Waals surface area contributed by atoms with Crippen LogP contribution in [0.5, 0.6) is 0 Å². The van der Waals surface area contributed by atoms with E-state index in [0.717, 1.165) is 31.1 Å². The fraction of sp³-hybridized carbons (Fsp3) is 0.708. The highest BCUT2D eigenvalue weighted by Crippen LogP contribution is 2.55. The van der Waals surface area contributed by atoms with Gasteiger partial charge >= 0.3 is 6.03 Å². The highest BCUT2D eigenvalue weighted by atomic mass is 35.5. The van der Waals surface area contributed by atoms with Crippen LogP contribution in [0.15, 0.2) is 23.1 Å². The van der Waals surface area contributed by atoms with Gasteiger partial charge in [0.2, 0.25) is 10.0 Å². The molecule has 4 aliphatic rings. The van der Waals surface area contributed by atoms with Gasteiger partial charge in [-0.15, -0.1) is 0 Å². The van der Waals surface area contributed by atoms with Gasteiger partial charge in [-0.1, -0.05) is 24.4 Å². The number of benzene rings is 1. The van der Waals surface area contributed by atoms with Crippen LogP contribution >= 0.6 is 11.6 Å². The molecule has 3 bridgehead atoms. The summed E-state index contributed by atoms with van der Waals surface area (Å²) in [5.41, 5.74) is 0.641. The number of rotatable bonds is 5. The van der Waals surface area contributed by atoms with Crippen molar-refractivity contribution in [1.29, 1.82) is 0 Å². The van der Waals surface area contributed by atoms with Crippen LogP contribution in [-0.4, -0.2) is 43.9 Å². The first-order valence-corrected chi connectivity index (χ1v) is 13.9. The lowest BCUT2D eigenvalue weighted by atomic mass is 9.79. The predicted molar refractivity (Wildman–Crippen MR) is 125 cm³/mol. The number of aryl methyl sites for hydroxylation is 1. The molecule has 176 valence electrons. The summed E-state index contributed by atoms with van der Waals surface area (Å²) in [5.74, 6) is 2.41. The van der Waals surface area contributed by atoms with Gasteiger partial charge in [-0.05, 0) is 92.9 Å². The molecule has 0 spiro atoms. The lowest BCUT2D eigenvalue weighted by Crippen LogP contribution is -2.54. The Labute approximate surface area is 196 Å². The van der Waals surface area contributed by atoms with Crippen LogP contribution in [-0.2, 0) is 10.0 Å². The number of sulfonamides is 1. The zero-order chi connectivity index (χ0) is 22.5. The van der Waals surface area contributed by atoms with E-state index in [2.05, 4.69) is 10.6 Å². The molecule has 3 aliphatic carbocycles. The van der Waals surface area contributed by atoms with Crippen molar-refractivity contribution in [3.8, 4) is 0 Å². The number of urea groups is 1. The second-order valence-corrected chi connectivity index (χ2v) is 13.0. The van der Waals surface area contributed by atoms with Gasteiger partial charge < -0.3 is 10.6 Å². The predicted octanol–water partition coefficient (Wildman–Crippen LogP) is 4.32. The van der Waals surface area contributed by atoms with E-state index in [1.165, 1.54) is 36.4 Å². The first-order valence-electron chi connectivity index (χ1n) is 12.1. The Balaban J connectivity index is 1.17. The van der Waals surface area contributed by atoms with E-state index in [9.17, 15) is 13.2 Å². The Morgan fingerprint density at radius 1 is 1.22 bits per heavy atom. The first-order chi connectivity index (χ1) is 15.2. The Kier molecular flexibility index (Phi) is 5.96. The standard InChI is InChI=1S/C24H34ClN3O3S/c1-16-9-21(25)4-5-22(16)32(30,31)28-8-6-18(15-28)14-26-23(29)27-24-7-2-3-17-10-19(13-24)12-20(24)11-17/h4-5,9,17-20H,2-3,6-8,10-15H2,1H3,(H2,26,27,29)/t17-,18?,19?,20?,24?/m1/s1. The Morgan fingerprint density at radius 3 is 2.84 bits per heavy atom. The molecule has 1 aromatic rings. The number of halogens is 1. The van der Waals surface area contributed by atoms with Gasteiger partial charge in [-0.3, -0.25) is 0 Å². The third-order valence-corrected chi connectivity index (χ3v) is 10.7. The van der Waals surface area contributed by atoms with Crippen LogP contribution < -0.4 is 10.6 Å². The van der Waals surface area contributed by atoms with Gasteiger partial charge in [0.1, 0.15) is 0 Å². The van der Waals surface area contributed by atoms with Crippen molar-refractivity contribution < 1.29 is 13.2 Å². The number of carbonyl (C=O) groups is 1. The summed E-state index contributed by atoms with van der Waals surface area (Å²) in [4.78, 5) is 13.2. The van der Waals surface area contributed by atoms with Gasteiger partial charge in [0.05, 0.1) is 4.90 Å². The zero-order valence-corrected chi connectivity index (χ0v) is 20.4. The van der Waals surface area contributed by atoms with Gasteiger partial charge in [-0.2, -0.15) is 4.31 Å². The number of carbonyl (C=O) groups excluding carboxylic acids is 1. The molecule has 32 heavy (non-hydrogen) atoms. The minimum atomic E-state index is -3.55. The van der Waals surface area contributed by atoms with E-state index in [4.69, 9.17) is 11.6 Å². The van der Waals surface area contributed by atoms with E-state index in [1.807, 2.05) is 0 Å². The maximum Gasteiger partial charge on any atom is 0.315 e. The maximum absolute atomic E-state index is 13.1. The van der Waals surface area contributed by atoms with Crippen molar-refractivity contribution in [2.45, 2.75) is 68.7 Å². The normalized spacial score (nSPS) is 34.4. The fourth-order valence-electron chi connectivity index (χ4n) is 7.06. The Morgan fingerprint density at radius 2 is 2.03 bits per heavy atom. The zero-order valence-electron chi connectivity index (χ0n) is 18.8. The van der Waals surface area contributed by atoms with Crippen molar-refractivity contribution in [2.24, 2.45) is 23.7 Å². The highest BCUT2D eigenvalue weighted by molar-refractivity contribution is 7.89. The average Bonchev–Trinajstić information content (AvgIpc) is 3.26. The molecule has 2 N–H and O–H groups in total. The number of nitrogens with one attached hydrogen (secondary N) is 2. The van der Waals surface area contributed by atoms with E-state index in [-0.39, 0.29) is 17.5 Å². The van der Waals surface area contributed by atoms with Crippen LogP contribution in [0.2, 0.25) is 5.02 Å². The summed E-state index contributed by atoms with van der Waals surface area (Å²) in [7, 11) is -3.55. The molecular weight excluding hydrogens is 446 g/mol. The van der Waals surface area contributed by atoms with Crippen LogP contribution in [0.4, 0.5) is 4.79 Å². The molecule has 1 aromatic carbocycles. The van der Waals surface area contributed by atoms with Gasteiger partial charge in [0.15, 0.2) is 0 Å². The highest BCUT2D eigenvalue weighted by Gasteiger charge is 2.52. The van der Waals surface area contributed by atoms with Crippen LogP contribution in [0, 0.1) is 30.6 Å². The lowest BCUT2D eigenvalue weighted by molar-refractivity contribution is 0.196. The summed E-state index contributed by atoms with van der Waals surface area (Å²) in [6, 6.07) is 4.81. The second-order valence-electron chi connectivity index (χ2n) is 10.7. The summed E-state index contributed by atoms with van der Waals surface area (Å²) in [6.07, 6.45) is 9.42. The van der Waals surface area contributed by atoms with E-state index in [1.54, 1.807) is 25.1 Å². The van der Waals surface area contributed by atoms with Crippen molar-refractivity contribution in [3.63, 3.8) is 0 Å². The SMILES string of the molecule is Cc1cc(Cl)ccc1S(=O)(=O)N1CCC(CNC(=O)NC23CCC[C@@H]4CC(CC2C4)C3)C1. The van der Waals surface area contributed by atoms with E-state index >= 15 is 0 Å². The molecule has 5 rings (SSSR count). The second kappa shape index (κ2) is 8.48. The topological polar surface area (TPSA) is 78.5 Å². The van der Waals surface area contributed by atoms with Crippen LogP contribution in [0.3, 0.4) is 0 Å². The number of hydrogen-bond donors (Lipinski definition) is 2. The molecule has 3 saturated carbocycles. The largest absolute Gasteiger partial charge is 0.338 e. The molecule has 0 radical (unpaired) electrons. The maximum atomic E-state index is 13.1. The molecule has 8 heteroatoms. The molecule has 1 saturated heterocycles. The number of hydrogen-bond acceptors (Lipinski definition) is 3. The molecule has 0 aromatic heterocycles. The summed E-state index contributed by atoms with van der Waals surface area (Å²) in [5, 5.41) is 7.00. The third kappa shape index (κ3) is 4.16. The molecule has 5 atom stereocenters. The molecular formula is C24H34ClN3O3S. The molecule has 1 aliphatic heterocycles. The van der Waals surface area contributed by atoms with Crippen molar-refractivity contribution in [2.75, 3.05) is 19.6 Å². The molecule has 2 amide bonds. The van der Waals surface area contributed by atoms with E-state index < -0.39 is 10.0 Å². The van der Waals surface area contributed by atoms with Gasteiger partial charge in [0.25, 0.3) is 0 Å². The molecule has 1 heterocycles. The quantitative estimate of drug-likeness (QED) is 0.660. The van der Waals surface area contributed by atoms with Gasteiger partial charge in [-0.25, -0.2) is 13.2 Å². The summed E-state index contributed by atoms with van der Waals surface area (Å²) >= 11 is 5.99. The van der Waals surface area contributed by atoms with Crippen LogP contribution in [0.25, 0.3) is 0 Å².